The van der Waals surface area contributed by atoms with Gasteiger partial charge in [-0.1, -0.05) is 6.42 Å². The topological polar surface area (TPSA) is 52.6 Å². The summed E-state index contributed by atoms with van der Waals surface area (Å²) in [5.41, 5.74) is 0. The van der Waals surface area contributed by atoms with Crippen LogP contribution in [-0.4, -0.2) is 41.8 Å². The average Bonchev–Trinajstić information content (AvgIpc) is 2.85. The smallest absolute Gasteiger partial charge is 0.317 e. The molecule has 1 aliphatic carbocycles. The van der Waals surface area contributed by atoms with Gasteiger partial charge in [-0.3, -0.25) is 0 Å². The fourth-order valence-corrected chi connectivity index (χ4v) is 2.51. The van der Waals surface area contributed by atoms with Gasteiger partial charge in [0.25, 0.3) is 0 Å². The lowest BCUT2D eigenvalue weighted by Gasteiger charge is -2.19. The monoisotopic (exact) mass is 212 g/mol. The molecule has 15 heavy (non-hydrogen) atoms. The lowest BCUT2D eigenvalue weighted by atomic mass is 10.1. The van der Waals surface area contributed by atoms with Crippen LogP contribution >= 0.6 is 0 Å². The number of hydrogen-bond donors (Lipinski definition) is 2. The van der Waals surface area contributed by atoms with E-state index in [2.05, 4.69) is 5.32 Å². The Labute approximate surface area is 90.6 Å². The lowest BCUT2D eigenvalue weighted by molar-refractivity contribution is 0.131. The predicted molar refractivity (Wildman–Crippen MR) is 57.6 cm³/mol. The molecule has 2 amide bonds. The first kappa shape index (κ1) is 10.7. The molecule has 4 heteroatoms. The molecule has 2 aliphatic rings. The Balaban J connectivity index is 1.70. The summed E-state index contributed by atoms with van der Waals surface area (Å²) in [5.74, 6) is 0.275. The largest absolute Gasteiger partial charge is 0.393 e. The van der Waals surface area contributed by atoms with Gasteiger partial charge < -0.3 is 15.3 Å². The Hall–Kier alpha value is -0.770. The van der Waals surface area contributed by atoms with Crippen molar-refractivity contribution < 1.29 is 9.90 Å². The van der Waals surface area contributed by atoms with Crippen molar-refractivity contribution in [1.82, 2.24) is 10.2 Å². The fraction of sp³-hybridized carbons (Fsp3) is 0.909. The zero-order valence-corrected chi connectivity index (χ0v) is 9.11. The van der Waals surface area contributed by atoms with Crippen molar-refractivity contribution in [2.75, 3.05) is 19.6 Å². The Kier molecular flexibility index (Phi) is 3.46. The maximum atomic E-state index is 11.6. The third kappa shape index (κ3) is 2.62. The normalized spacial score (nSPS) is 30.9. The number of urea groups is 1. The third-order valence-corrected chi connectivity index (χ3v) is 3.53. The predicted octanol–water partition coefficient (Wildman–Crippen LogP) is 0.953. The Morgan fingerprint density at radius 3 is 2.60 bits per heavy atom. The van der Waals surface area contributed by atoms with Gasteiger partial charge in [-0.25, -0.2) is 4.79 Å². The standard InChI is InChI=1S/C11H20N2O2/c14-10-5-3-4-9(10)8-12-11(15)13-6-1-2-7-13/h9-10,14H,1-8H2,(H,12,15). The van der Waals surface area contributed by atoms with Gasteiger partial charge in [0.05, 0.1) is 6.10 Å². The number of amides is 2. The Morgan fingerprint density at radius 2 is 2.00 bits per heavy atom. The minimum absolute atomic E-state index is 0.0478. The summed E-state index contributed by atoms with van der Waals surface area (Å²) in [7, 11) is 0. The second-order valence-electron chi connectivity index (χ2n) is 4.64. The molecule has 2 unspecified atom stereocenters. The van der Waals surface area contributed by atoms with Crippen LogP contribution < -0.4 is 5.32 Å². The minimum atomic E-state index is -0.205. The van der Waals surface area contributed by atoms with E-state index >= 15 is 0 Å². The van der Waals surface area contributed by atoms with E-state index in [9.17, 15) is 9.90 Å². The van der Waals surface area contributed by atoms with Crippen LogP contribution in [0.3, 0.4) is 0 Å². The number of aliphatic hydroxyl groups is 1. The highest BCUT2D eigenvalue weighted by Gasteiger charge is 2.26. The van der Waals surface area contributed by atoms with Gasteiger partial charge in [-0.05, 0) is 25.7 Å². The SMILES string of the molecule is O=C(NCC1CCCC1O)N1CCCC1. The molecule has 1 saturated heterocycles. The van der Waals surface area contributed by atoms with Gasteiger partial charge >= 0.3 is 6.03 Å². The third-order valence-electron chi connectivity index (χ3n) is 3.53. The Bertz CT molecular complexity index is 227. The fourth-order valence-electron chi connectivity index (χ4n) is 2.51. The molecule has 2 rings (SSSR count). The van der Waals surface area contributed by atoms with E-state index in [-0.39, 0.29) is 18.1 Å². The molecular weight excluding hydrogens is 192 g/mol. The average molecular weight is 212 g/mol. The van der Waals surface area contributed by atoms with Crippen LogP contribution in [0.1, 0.15) is 32.1 Å². The number of rotatable bonds is 2. The molecule has 2 fully saturated rings. The van der Waals surface area contributed by atoms with Gasteiger partial charge in [0, 0.05) is 25.6 Å². The highest BCUT2D eigenvalue weighted by atomic mass is 16.3. The molecule has 0 spiro atoms. The maximum absolute atomic E-state index is 11.6. The summed E-state index contributed by atoms with van der Waals surface area (Å²) in [6.07, 6.45) is 5.07. The molecular formula is C11H20N2O2. The minimum Gasteiger partial charge on any atom is -0.393 e. The van der Waals surface area contributed by atoms with Gasteiger partial charge in [0.1, 0.15) is 0 Å². The first-order valence-corrected chi connectivity index (χ1v) is 5.98. The van der Waals surface area contributed by atoms with E-state index < -0.39 is 0 Å². The van der Waals surface area contributed by atoms with Gasteiger partial charge in [0.15, 0.2) is 0 Å². The van der Waals surface area contributed by atoms with Gasteiger partial charge in [-0.15, -0.1) is 0 Å². The molecule has 1 saturated carbocycles. The zero-order valence-electron chi connectivity index (χ0n) is 9.11. The highest BCUT2D eigenvalue weighted by molar-refractivity contribution is 5.74. The van der Waals surface area contributed by atoms with Crippen LogP contribution in [0.2, 0.25) is 0 Å². The summed E-state index contributed by atoms with van der Waals surface area (Å²) in [5, 5.41) is 12.5. The van der Waals surface area contributed by atoms with Crippen LogP contribution in [0, 0.1) is 5.92 Å². The molecule has 86 valence electrons. The van der Waals surface area contributed by atoms with Crippen molar-refractivity contribution in [3.05, 3.63) is 0 Å². The molecule has 0 aromatic carbocycles. The van der Waals surface area contributed by atoms with Crippen LogP contribution in [0.4, 0.5) is 4.79 Å². The molecule has 0 aromatic rings. The number of carbonyl (C=O) groups excluding carboxylic acids is 1. The van der Waals surface area contributed by atoms with E-state index in [0.717, 1.165) is 45.2 Å². The van der Waals surface area contributed by atoms with E-state index in [1.165, 1.54) is 0 Å². The lowest BCUT2D eigenvalue weighted by Crippen LogP contribution is -2.41. The number of carbonyl (C=O) groups is 1. The molecule has 2 atom stereocenters. The first-order valence-electron chi connectivity index (χ1n) is 5.98. The maximum Gasteiger partial charge on any atom is 0.317 e. The van der Waals surface area contributed by atoms with Crippen molar-refractivity contribution in [2.45, 2.75) is 38.2 Å². The number of likely N-dealkylation sites (tertiary alicyclic amines) is 1. The van der Waals surface area contributed by atoms with E-state index in [0.29, 0.717) is 6.54 Å². The molecule has 0 aromatic heterocycles. The van der Waals surface area contributed by atoms with E-state index in [1.807, 2.05) is 4.90 Å². The number of nitrogens with zero attached hydrogens (tertiary/aromatic N) is 1. The summed E-state index contributed by atoms with van der Waals surface area (Å²) < 4.78 is 0. The highest BCUT2D eigenvalue weighted by Crippen LogP contribution is 2.24. The van der Waals surface area contributed by atoms with Crippen LogP contribution in [0.5, 0.6) is 0 Å². The van der Waals surface area contributed by atoms with Gasteiger partial charge in [-0.2, -0.15) is 0 Å². The molecule has 0 radical (unpaired) electrons. The van der Waals surface area contributed by atoms with Crippen molar-refractivity contribution in [3.8, 4) is 0 Å². The van der Waals surface area contributed by atoms with Crippen LogP contribution in [0.15, 0.2) is 0 Å². The van der Waals surface area contributed by atoms with Crippen molar-refractivity contribution in [1.29, 1.82) is 0 Å². The second-order valence-corrected chi connectivity index (χ2v) is 4.64. The summed E-state index contributed by atoms with van der Waals surface area (Å²) in [6, 6.07) is 0.0478. The summed E-state index contributed by atoms with van der Waals surface area (Å²) in [6.45, 7) is 2.41. The molecule has 2 N–H and O–H groups in total. The van der Waals surface area contributed by atoms with Gasteiger partial charge in [0.2, 0.25) is 0 Å². The van der Waals surface area contributed by atoms with Crippen LogP contribution in [0.25, 0.3) is 0 Å². The van der Waals surface area contributed by atoms with Crippen LogP contribution in [-0.2, 0) is 0 Å². The van der Waals surface area contributed by atoms with E-state index in [1.54, 1.807) is 0 Å². The number of aliphatic hydroxyl groups excluding tert-OH is 1. The number of hydrogen-bond acceptors (Lipinski definition) is 2. The number of nitrogens with one attached hydrogen (secondary N) is 1. The summed E-state index contributed by atoms with van der Waals surface area (Å²) in [4.78, 5) is 13.5. The molecule has 0 bridgehead atoms. The molecule has 4 nitrogen and oxygen atoms in total. The van der Waals surface area contributed by atoms with Crippen molar-refractivity contribution in [3.63, 3.8) is 0 Å². The molecule has 1 heterocycles. The first-order chi connectivity index (χ1) is 7.27. The van der Waals surface area contributed by atoms with Crippen molar-refractivity contribution >= 4 is 6.03 Å². The van der Waals surface area contributed by atoms with Crippen molar-refractivity contribution in [2.24, 2.45) is 5.92 Å². The second kappa shape index (κ2) is 4.84. The zero-order chi connectivity index (χ0) is 10.7. The molecule has 1 aliphatic heterocycles. The quantitative estimate of drug-likeness (QED) is 0.716. The van der Waals surface area contributed by atoms with E-state index in [4.69, 9.17) is 0 Å². The summed E-state index contributed by atoms with van der Waals surface area (Å²) >= 11 is 0. The Morgan fingerprint density at radius 1 is 1.27 bits per heavy atom.